The van der Waals surface area contributed by atoms with Crippen molar-refractivity contribution >= 4 is 17.3 Å². The highest BCUT2D eigenvalue weighted by molar-refractivity contribution is 6.33. The van der Waals surface area contributed by atoms with Gasteiger partial charge in [-0.1, -0.05) is 31.4 Å². The van der Waals surface area contributed by atoms with Crippen LogP contribution in [0, 0.1) is 11.7 Å². The van der Waals surface area contributed by atoms with Crippen LogP contribution in [0.4, 0.5) is 10.1 Å². The molecule has 2 unspecified atom stereocenters. The summed E-state index contributed by atoms with van der Waals surface area (Å²) >= 11 is 6.03. The molecule has 1 nitrogen and oxygen atoms in total. The van der Waals surface area contributed by atoms with Gasteiger partial charge in [0.1, 0.15) is 5.82 Å². The smallest absolute Gasteiger partial charge is 0.125 e. The van der Waals surface area contributed by atoms with Crippen molar-refractivity contribution in [2.45, 2.75) is 38.6 Å². The van der Waals surface area contributed by atoms with Gasteiger partial charge in [0.25, 0.3) is 0 Å². The van der Waals surface area contributed by atoms with E-state index in [1.807, 2.05) is 0 Å². The molecule has 1 aliphatic rings. The Hall–Kier alpha value is -0.760. The van der Waals surface area contributed by atoms with Gasteiger partial charge < -0.3 is 5.32 Å². The van der Waals surface area contributed by atoms with Gasteiger partial charge in [-0.25, -0.2) is 4.39 Å². The Morgan fingerprint density at radius 1 is 1.31 bits per heavy atom. The van der Waals surface area contributed by atoms with Gasteiger partial charge >= 0.3 is 0 Å². The van der Waals surface area contributed by atoms with Crippen LogP contribution in [0.25, 0.3) is 0 Å². The van der Waals surface area contributed by atoms with Crippen LogP contribution in [0.2, 0.25) is 5.02 Å². The molecular weight excluding hydrogens is 225 g/mol. The van der Waals surface area contributed by atoms with Gasteiger partial charge in [-0.15, -0.1) is 0 Å². The molecule has 0 heterocycles. The highest BCUT2D eigenvalue weighted by Crippen LogP contribution is 2.30. The molecule has 0 bridgehead atoms. The van der Waals surface area contributed by atoms with Gasteiger partial charge in [0.05, 0.1) is 10.7 Å². The van der Waals surface area contributed by atoms with Crippen LogP contribution >= 0.6 is 11.6 Å². The van der Waals surface area contributed by atoms with E-state index in [2.05, 4.69) is 12.2 Å². The zero-order valence-corrected chi connectivity index (χ0v) is 10.2. The van der Waals surface area contributed by atoms with Crippen molar-refractivity contribution in [1.82, 2.24) is 0 Å². The minimum Gasteiger partial charge on any atom is -0.381 e. The third kappa shape index (κ3) is 2.67. The molecule has 2 atom stereocenters. The Morgan fingerprint density at radius 2 is 2.06 bits per heavy atom. The molecule has 0 amide bonds. The van der Waals surface area contributed by atoms with Gasteiger partial charge in [-0.05, 0) is 37.0 Å². The Balaban J connectivity index is 2.10. The predicted molar refractivity (Wildman–Crippen MR) is 66.5 cm³/mol. The van der Waals surface area contributed by atoms with Gasteiger partial charge in [0.15, 0.2) is 0 Å². The van der Waals surface area contributed by atoms with Crippen LogP contribution in [-0.2, 0) is 0 Å². The number of anilines is 1. The Bertz CT molecular complexity index is 367. The Labute approximate surface area is 101 Å². The fraction of sp³-hybridized carbons (Fsp3) is 0.538. The first-order chi connectivity index (χ1) is 7.66. The third-order valence-corrected chi connectivity index (χ3v) is 3.71. The summed E-state index contributed by atoms with van der Waals surface area (Å²) in [4.78, 5) is 0. The van der Waals surface area contributed by atoms with E-state index >= 15 is 0 Å². The Morgan fingerprint density at radius 3 is 2.81 bits per heavy atom. The first-order valence-electron chi connectivity index (χ1n) is 5.88. The maximum absolute atomic E-state index is 13.1. The summed E-state index contributed by atoms with van der Waals surface area (Å²) in [5, 5.41) is 3.96. The summed E-state index contributed by atoms with van der Waals surface area (Å²) in [6, 6.07) is 4.89. The topological polar surface area (TPSA) is 12.0 Å². The van der Waals surface area contributed by atoms with Crippen LogP contribution in [-0.4, -0.2) is 6.04 Å². The number of halogens is 2. The summed E-state index contributed by atoms with van der Waals surface area (Å²) in [6.07, 6.45) is 4.93. The minimum atomic E-state index is -0.240. The lowest BCUT2D eigenvalue weighted by Gasteiger charge is -2.30. The normalized spacial score (nSPS) is 25.4. The standard InChI is InChI=1S/C13H17ClFN/c1-9-4-2-3-5-12(9)16-13-8-10(15)6-7-11(13)14/h6-9,12,16H,2-5H2,1H3. The maximum atomic E-state index is 13.1. The fourth-order valence-corrected chi connectivity index (χ4v) is 2.51. The van der Waals surface area contributed by atoms with Crippen LogP contribution in [0.1, 0.15) is 32.6 Å². The summed E-state index contributed by atoms with van der Waals surface area (Å²) in [6.45, 7) is 2.24. The lowest BCUT2D eigenvalue weighted by atomic mass is 9.86. The summed E-state index contributed by atoms with van der Waals surface area (Å²) in [5.74, 6) is 0.392. The molecule has 0 aromatic heterocycles. The van der Waals surface area contributed by atoms with Crippen molar-refractivity contribution in [3.8, 4) is 0 Å². The van der Waals surface area contributed by atoms with Crippen LogP contribution in [0.15, 0.2) is 18.2 Å². The van der Waals surface area contributed by atoms with E-state index in [0.717, 1.165) is 12.1 Å². The van der Waals surface area contributed by atoms with Gasteiger partial charge in [-0.2, -0.15) is 0 Å². The minimum absolute atomic E-state index is 0.240. The lowest BCUT2D eigenvalue weighted by Crippen LogP contribution is -2.30. The van der Waals surface area contributed by atoms with Gasteiger partial charge in [0.2, 0.25) is 0 Å². The van der Waals surface area contributed by atoms with Gasteiger partial charge in [-0.3, -0.25) is 0 Å². The SMILES string of the molecule is CC1CCCCC1Nc1cc(F)ccc1Cl. The van der Waals surface area contributed by atoms with E-state index in [9.17, 15) is 4.39 Å². The highest BCUT2D eigenvalue weighted by Gasteiger charge is 2.21. The van der Waals surface area contributed by atoms with Crippen molar-refractivity contribution in [2.75, 3.05) is 5.32 Å². The van der Waals surface area contributed by atoms with Crippen molar-refractivity contribution in [1.29, 1.82) is 0 Å². The largest absolute Gasteiger partial charge is 0.381 e. The van der Waals surface area contributed by atoms with Gasteiger partial charge in [0, 0.05) is 6.04 Å². The molecule has 0 radical (unpaired) electrons. The average Bonchev–Trinajstić information content (AvgIpc) is 2.27. The van der Waals surface area contributed by atoms with Crippen molar-refractivity contribution in [3.05, 3.63) is 29.0 Å². The number of hydrogen-bond donors (Lipinski definition) is 1. The highest BCUT2D eigenvalue weighted by atomic mass is 35.5. The van der Waals surface area contributed by atoms with E-state index in [4.69, 9.17) is 11.6 Å². The quantitative estimate of drug-likeness (QED) is 0.806. The molecule has 3 heteroatoms. The molecule has 2 rings (SSSR count). The maximum Gasteiger partial charge on any atom is 0.125 e. The molecule has 16 heavy (non-hydrogen) atoms. The molecule has 0 spiro atoms. The van der Waals surface area contributed by atoms with Crippen LogP contribution < -0.4 is 5.32 Å². The number of hydrogen-bond acceptors (Lipinski definition) is 1. The molecule has 1 aromatic rings. The number of nitrogens with one attached hydrogen (secondary N) is 1. The monoisotopic (exact) mass is 241 g/mol. The molecule has 1 saturated carbocycles. The van der Waals surface area contributed by atoms with E-state index < -0.39 is 0 Å². The molecule has 1 fully saturated rings. The summed E-state index contributed by atoms with van der Waals surface area (Å²) < 4.78 is 13.1. The van der Waals surface area contributed by atoms with E-state index in [-0.39, 0.29) is 5.82 Å². The van der Waals surface area contributed by atoms with Crippen molar-refractivity contribution in [2.24, 2.45) is 5.92 Å². The lowest BCUT2D eigenvalue weighted by molar-refractivity contribution is 0.349. The molecule has 1 aromatic carbocycles. The second-order valence-electron chi connectivity index (χ2n) is 4.64. The first-order valence-corrected chi connectivity index (χ1v) is 6.26. The predicted octanol–water partition coefficient (Wildman–Crippen LogP) is 4.47. The zero-order valence-electron chi connectivity index (χ0n) is 9.47. The second kappa shape index (κ2) is 5.05. The number of rotatable bonds is 2. The first kappa shape index (κ1) is 11.7. The van der Waals surface area contributed by atoms with E-state index in [1.165, 1.54) is 31.4 Å². The average molecular weight is 242 g/mol. The molecule has 1 aliphatic carbocycles. The summed E-state index contributed by atoms with van der Waals surface area (Å²) in [7, 11) is 0. The van der Waals surface area contributed by atoms with E-state index in [1.54, 1.807) is 6.07 Å². The van der Waals surface area contributed by atoms with Crippen LogP contribution in [0.3, 0.4) is 0 Å². The second-order valence-corrected chi connectivity index (χ2v) is 5.04. The Kier molecular flexibility index (Phi) is 3.70. The number of benzene rings is 1. The zero-order chi connectivity index (χ0) is 11.5. The van der Waals surface area contributed by atoms with Crippen molar-refractivity contribution < 1.29 is 4.39 Å². The van der Waals surface area contributed by atoms with Crippen LogP contribution in [0.5, 0.6) is 0 Å². The van der Waals surface area contributed by atoms with E-state index in [0.29, 0.717) is 17.0 Å². The molecule has 88 valence electrons. The summed E-state index contributed by atoms with van der Waals surface area (Å²) in [5.41, 5.74) is 0.723. The third-order valence-electron chi connectivity index (χ3n) is 3.38. The molecule has 1 N–H and O–H groups in total. The van der Waals surface area contributed by atoms with Crippen molar-refractivity contribution in [3.63, 3.8) is 0 Å². The molecule has 0 aliphatic heterocycles. The molecular formula is C13H17ClFN. The molecule has 0 saturated heterocycles. The fourth-order valence-electron chi connectivity index (χ4n) is 2.34.